The molecule has 27 heavy (non-hydrogen) atoms. The molecular weight excluding hydrogens is 343 g/mol. The average molecular weight is 370 g/mol. The zero-order chi connectivity index (χ0) is 18.7. The third-order valence-electron chi connectivity index (χ3n) is 5.61. The van der Waals surface area contributed by atoms with Crippen LogP contribution in [0.5, 0.6) is 5.75 Å². The molecule has 0 radical (unpaired) electrons. The smallest absolute Gasteiger partial charge is 0.125 e. The van der Waals surface area contributed by atoms with Gasteiger partial charge in [-0.2, -0.15) is 0 Å². The third-order valence-corrected chi connectivity index (χ3v) is 5.61. The van der Waals surface area contributed by atoms with Crippen LogP contribution in [-0.4, -0.2) is 50.4 Å². The first kappa shape index (κ1) is 18.3. The Morgan fingerprint density at radius 1 is 1.11 bits per heavy atom. The summed E-state index contributed by atoms with van der Waals surface area (Å²) in [6.07, 6.45) is 2.12. The molecule has 144 valence electrons. The van der Waals surface area contributed by atoms with Crippen molar-refractivity contribution in [1.82, 2.24) is 4.90 Å². The maximum atomic E-state index is 13.6. The quantitative estimate of drug-likeness (QED) is 0.819. The van der Waals surface area contributed by atoms with Crippen LogP contribution in [0.3, 0.4) is 0 Å². The Morgan fingerprint density at radius 3 is 2.74 bits per heavy atom. The van der Waals surface area contributed by atoms with Crippen LogP contribution in [0, 0.1) is 5.82 Å². The normalized spacial score (nSPS) is 23.6. The first-order valence-electron chi connectivity index (χ1n) is 9.66. The lowest BCUT2D eigenvalue weighted by atomic mass is 9.90. The number of rotatable bonds is 4. The number of ether oxygens (including phenoxy) is 2. The highest BCUT2D eigenvalue weighted by Crippen LogP contribution is 2.32. The minimum atomic E-state index is -0.183. The van der Waals surface area contributed by atoms with Gasteiger partial charge in [0.25, 0.3) is 0 Å². The van der Waals surface area contributed by atoms with Crippen molar-refractivity contribution in [2.45, 2.75) is 25.0 Å². The molecule has 0 amide bonds. The summed E-state index contributed by atoms with van der Waals surface area (Å²) in [7, 11) is 1.69. The average Bonchev–Trinajstić information content (AvgIpc) is 2.69. The molecule has 1 spiro atoms. The molecular formula is C22H27FN2O2. The molecule has 4 nitrogen and oxygen atoms in total. The molecule has 2 saturated heterocycles. The van der Waals surface area contributed by atoms with Crippen LogP contribution in [0.1, 0.15) is 18.4 Å². The number of piperidine rings is 1. The Labute approximate surface area is 160 Å². The lowest BCUT2D eigenvalue weighted by Crippen LogP contribution is -2.59. The van der Waals surface area contributed by atoms with E-state index in [-0.39, 0.29) is 11.4 Å². The summed E-state index contributed by atoms with van der Waals surface area (Å²) in [5.41, 5.74) is 2.06. The van der Waals surface area contributed by atoms with Gasteiger partial charge in [-0.25, -0.2) is 4.39 Å². The molecule has 1 atom stereocenters. The van der Waals surface area contributed by atoms with E-state index < -0.39 is 0 Å². The predicted octanol–water partition coefficient (Wildman–Crippen LogP) is 3.71. The lowest BCUT2D eigenvalue weighted by molar-refractivity contribution is -0.116. The maximum absolute atomic E-state index is 13.6. The van der Waals surface area contributed by atoms with Crippen molar-refractivity contribution in [3.05, 3.63) is 59.9 Å². The monoisotopic (exact) mass is 370 g/mol. The van der Waals surface area contributed by atoms with Crippen molar-refractivity contribution >= 4 is 5.69 Å². The van der Waals surface area contributed by atoms with Crippen LogP contribution in [0.15, 0.2) is 48.5 Å². The van der Waals surface area contributed by atoms with Gasteiger partial charge >= 0.3 is 0 Å². The highest BCUT2D eigenvalue weighted by atomic mass is 19.1. The van der Waals surface area contributed by atoms with E-state index in [0.717, 1.165) is 63.6 Å². The Morgan fingerprint density at radius 2 is 1.96 bits per heavy atom. The van der Waals surface area contributed by atoms with E-state index in [0.29, 0.717) is 0 Å². The molecule has 2 fully saturated rings. The van der Waals surface area contributed by atoms with Crippen molar-refractivity contribution in [2.75, 3.05) is 44.8 Å². The number of benzene rings is 2. The van der Waals surface area contributed by atoms with Gasteiger partial charge in [0.05, 0.1) is 19.3 Å². The zero-order valence-electron chi connectivity index (χ0n) is 15.9. The Balaban J connectivity index is 1.44. The molecule has 4 rings (SSSR count). The van der Waals surface area contributed by atoms with E-state index in [1.807, 2.05) is 18.2 Å². The summed E-state index contributed by atoms with van der Waals surface area (Å²) in [5, 5.41) is 0. The van der Waals surface area contributed by atoms with Crippen LogP contribution < -0.4 is 9.64 Å². The maximum Gasteiger partial charge on any atom is 0.125 e. The zero-order valence-corrected chi connectivity index (χ0v) is 15.9. The van der Waals surface area contributed by atoms with Crippen LogP contribution in [0.4, 0.5) is 10.1 Å². The van der Waals surface area contributed by atoms with Gasteiger partial charge in [-0.15, -0.1) is 0 Å². The molecule has 2 aliphatic rings. The van der Waals surface area contributed by atoms with E-state index in [2.05, 4.69) is 21.9 Å². The lowest BCUT2D eigenvalue weighted by Gasteiger charge is -2.48. The molecule has 5 heteroatoms. The predicted molar refractivity (Wildman–Crippen MR) is 105 cm³/mol. The molecule has 0 aromatic heterocycles. The highest BCUT2D eigenvalue weighted by molar-refractivity contribution is 5.47. The van der Waals surface area contributed by atoms with Crippen molar-refractivity contribution in [2.24, 2.45) is 0 Å². The van der Waals surface area contributed by atoms with Gasteiger partial charge in [0, 0.05) is 38.4 Å². The fraction of sp³-hybridized carbons (Fsp3) is 0.455. The molecule has 0 bridgehead atoms. The minimum Gasteiger partial charge on any atom is -0.497 e. The second-order valence-corrected chi connectivity index (χ2v) is 7.60. The van der Waals surface area contributed by atoms with E-state index in [1.165, 1.54) is 11.6 Å². The van der Waals surface area contributed by atoms with Crippen LogP contribution in [-0.2, 0) is 11.3 Å². The third kappa shape index (κ3) is 4.25. The summed E-state index contributed by atoms with van der Waals surface area (Å²) in [6, 6.07) is 15.2. The molecule has 2 aromatic carbocycles. The van der Waals surface area contributed by atoms with Gasteiger partial charge in [0.1, 0.15) is 11.6 Å². The number of methoxy groups -OCH3 is 1. The Hall–Kier alpha value is -2.11. The minimum absolute atomic E-state index is 0.171. The molecule has 0 saturated carbocycles. The Bertz CT molecular complexity index is 763. The number of halogens is 1. The van der Waals surface area contributed by atoms with Gasteiger partial charge < -0.3 is 14.4 Å². The van der Waals surface area contributed by atoms with Gasteiger partial charge in [-0.05, 0) is 48.7 Å². The number of hydrogen-bond acceptors (Lipinski definition) is 4. The van der Waals surface area contributed by atoms with Crippen molar-refractivity contribution in [3.63, 3.8) is 0 Å². The standard InChI is InChI=1S/C22H27FN2O2/c1-26-21-8-6-18(7-9-21)15-24-12-13-27-22(16-24)10-3-11-25(17-22)20-5-2-4-19(23)14-20/h2,4-9,14H,3,10-13,15-17H2,1H3/t22-/m1/s1. The van der Waals surface area contributed by atoms with Crippen molar-refractivity contribution in [3.8, 4) is 5.75 Å². The number of anilines is 1. The number of nitrogens with zero attached hydrogens (tertiary/aromatic N) is 2. The molecule has 0 N–H and O–H groups in total. The second-order valence-electron chi connectivity index (χ2n) is 7.60. The summed E-state index contributed by atoms with van der Waals surface area (Å²) < 4.78 is 25.2. The van der Waals surface area contributed by atoms with Crippen molar-refractivity contribution in [1.29, 1.82) is 0 Å². The Kier molecular flexibility index (Phi) is 5.32. The summed E-state index contributed by atoms with van der Waals surface area (Å²) >= 11 is 0. The van der Waals surface area contributed by atoms with E-state index in [1.54, 1.807) is 19.2 Å². The molecule has 2 aromatic rings. The molecule has 2 aliphatic heterocycles. The van der Waals surface area contributed by atoms with Gasteiger partial charge in [0.15, 0.2) is 0 Å². The molecule has 2 heterocycles. The van der Waals surface area contributed by atoms with E-state index in [9.17, 15) is 4.39 Å². The first-order valence-corrected chi connectivity index (χ1v) is 9.66. The molecule has 0 aliphatic carbocycles. The van der Waals surface area contributed by atoms with E-state index >= 15 is 0 Å². The number of morpholine rings is 1. The van der Waals surface area contributed by atoms with Gasteiger partial charge in [0.2, 0.25) is 0 Å². The van der Waals surface area contributed by atoms with Crippen LogP contribution >= 0.6 is 0 Å². The summed E-state index contributed by atoms with van der Waals surface area (Å²) in [6.45, 7) is 5.27. The highest BCUT2D eigenvalue weighted by Gasteiger charge is 2.40. The van der Waals surface area contributed by atoms with Crippen LogP contribution in [0.2, 0.25) is 0 Å². The summed E-state index contributed by atoms with van der Waals surface area (Å²) in [4.78, 5) is 4.74. The second kappa shape index (κ2) is 7.87. The largest absolute Gasteiger partial charge is 0.497 e. The van der Waals surface area contributed by atoms with Gasteiger partial charge in [-0.1, -0.05) is 18.2 Å². The fourth-order valence-electron chi connectivity index (χ4n) is 4.29. The van der Waals surface area contributed by atoms with Crippen molar-refractivity contribution < 1.29 is 13.9 Å². The van der Waals surface area contributed by atoms with Gasteiger partial charge in [-0.3, -0.25) is 4.90 Å². The fourth-order valence-corrected chi connectivity index (χ4v) is 4.29. The topological polar surface area (TPSA) is 24.9 Å². The first-order chi connectivity index (χ1) is 13.2. The summed E-state index contributed by atoms with van der Waals surface area (Å²) in [5.74, 6) is 0.702. The van der Waals surface area contributed by atoms with Crippen LogP contribution in [0.25, 0.3) is 0 Å². The molecule has 0 unspecified atom stereocenters. The number of hydrogen-bond donors (Lipinski definition) is 0. The van der Waals surface area contributed by atoms with E-state index in [4.69, 9.17) is 9.47 Å². The SMILES string of the molecule is COc1ccc(CN2CCO[C@]3(CCCN(c4cccc(F)c4)C3)C2)cc1.